The standard InChI is InChI=1S/C11H17NO/c1-4-10(12)9-5-6-11(13-3)8(2)7-9/h5-7,10H,4,12H2,1-3H3/t10-/m0/s1. The van der Waals surface area contributed by atoms with Gasteiger partial charge < -0.3 is 10.5 Å². The number of rotatable bonds is 3. The molecule has 0 saturated heterocycles. The molecule has 0 bridgehead atoms. The number of hydrogen-bond donors (Lipinski definition) is 1. The summed E-state index contributed by atoms with van der Waals surface area (Å²) in [4.78, 5) is 0. The number of hydrogen-bond acceptors (Lipinski definition) is 2. The van der Waals surface area contributed by atoms with Gasteiger partial charge in [-0.1, -0.05) is 19.1 Å². The molecule has 0 heterocycles. The van der Waals surface area contributed by atoms with Crippen LogP contribution >= 0.6 is 0 Å². The first-order valence-corrected chi connectivity index (χ1v) is 4.59. The zero-order valence-corrected chi connectivity index (χ0v) is 8.50. The van der Waals surface area contributed by atoms with Gasteiger partial charge in [0.05, 0.1) is 7.11 Å². The lowest BCUT2D eigenvalue weighted by atomic mass is 10.0. The van der Waals surface area contributed by atoms with Crippen LogP contribution in [0.3, 0.4) is 0 Å². The SMILES string of the molecule is CC[C@H](N)c1ccc(OC)c(C)c1. The van der Waals surface area contributed by atoms with Crippen molar-refractivity contribution in [3.8, 4) is 5.75 Å². The highest BCUT2D eigenvalue weighted by Gasteiger charge is 2.05. The van der Waals surface area contributed by atoms with E-state index in [-0.39, 0.29) is 6.04 Å². The second-order valence-corrected chi connectivity index (χ2v) is 3.24. The smallest absolute Gasteiger partial charge is 0.121 e. The van der Waals surface area contributed by atoms with Crippen molar-refractivity contribution < 1.29 is 4.74 Å². The van der Waals surface area contributed by atoms with E-state index in [9.17, 15) is 0 Å². The van der Waals surface area contributed by atoms with Crippen molar-refractivity contribution in [2.24, 2.45) is 5.73 Å². The zero-order valence-electron chi connectivity index (χ0n) is 8.50. The average Bonchev–Trinajstić information content (AvgIpc) is 2.16. The number of methoxy groups -OCH3 is 1. The molecule has 1 rings (SSSR count). The van der Waals surface area contributed by atoms with E-state index in [0.717, 1.165) is 17.7 Å². The molecule has 1 aromatic rings. The monoisotopic (exact) mass is 179 g/mol. The molecule has 0 aliphatic rings. The van der Waals surface area contributed by atoms with Crippen LogP contribution in [0.5, 0.6) is 5.75 Å². The Morgan fingerprint density at radius 2 is 2.15 bits per heavy atom. The van der Waals surface area contributed by atoms with Crippen molar-refractivity contribution >= 4 is 0 Å². The molecule has 72 valence electrons. The van der Waals surface area contributed by atoms with Crippen LogP contribution in [0.2, 0.25) is 0 Å². The van der Waals surface area contributed by atoms with Gasteiger partial charge >= 0.3 is 0 Å². The Balaban J connectivity index is 2.95. The highest BCUT2D eigenvalue weighted by molar-refractivity contribution is 5.37. The summed E-state index contributed by atoms with van der Waals surface area (Å²) in [5.41, 5.74) is 8.24. The fraction of sp³-hybridized carbons (Fsp3) is 0.455. The normalized spacial score (nSPS) is 12.6. The minimum Gasteiger partial charge on any atom is -0.496 e. The Morgan fingerprint density at radius 1 is 1.46 bits per heavy atom. The Hall–Kier alpha value is -1.02. The van der Waals surface area contributed by atoms with Gasteiger partial charge in [-0.05, 0) is 30.5 Å². The average molecular weight is 179 g/mol. The molecule has 2 N–H and O–H groups in total. The molecule has 13 heavy (non-hydrogen) atoms. The minimum atomic E-state index is 0.143. The maximum absolute atomic E-state index is 5.91. The van der Waals surface area contributed by atoms with Crippen LogP contribution in [0.25, 0.3) is 0 Å². The Morgan fingerprint density at radius 3 is 2.62 bits per heavy atom. The van der Waals surface area contributed by atoms with E-state index in [4.69, 9.17) is 10.5 Å². The Kier molecular flexibility index (Phi) is 3.32. The fourth-order valence-electron chi connectivity index (χ4n) is 1.37. The highest BCUT2D eigenvalue weighted by atomic mass is 16.5. The van der Waals surface area contributed by atoms with Gasteiger partial charge in [-0.2, -0.15) is 0 Å². The molecule has 1 aromatic carbocycles. The molecule has 0 aliphatic carbocycles. The Labute approximate surface area is 79.7 Å². The van der Waals surface area contributed by atoms with Crippen LogP contribution in [0.15, 0.2) is 18.2 Å². The van der Waals surface area contributed by atoms with Crippen molar-refractivity contribution in [1.29, 1.82) is 0 Å². The topological polar surface area (TPSA) is 35.2 Å². The van der Waals surface area contributed by atoms with Gasteiger partial charge in [0.1, 0.15) is 5.75 Å². The van der Waals surface area contributed by atoms with E-state index in [1.807, 2.05) is 19.1 Å². The van der Waals surface area contributed by atoms with Crippen molar-refractivity contribution in [1.82, 2.24) is 0 Å². The van der Waals surface area contributed by atoms with Gasteiger partial charge in [-0.25, -0.2) is 0 Å². The molecule has 1 atom stereocenters. The van der Waals surface area contributed by atoms with Crippen molar-refractivity contribution in [3.05, 3.63) is 29.3 Å². The van der Waals surface area contributed by atoms with Gasteiger partial charge in [-0.3, -0.25) is 0 Å². The molecular formula is C11H17NO. The van der Waals surface area contributed by atoms with Crippen LogP contribution in [0.4, 0.5) is 0 Å². The van der Waals surface area contributed by atoms with Crippen LogP contribution in [-0.2, 0) is 0 Å². The summed E-state index contributed by atoms with van der Waals surface area (Å²) in [6, 6.07) is 6.23. The molecule has 0 saturated carbocycles. The van der Waals surface area contributed by atoms with Crippen molar-refractivity contribution in [2.45, 2.75) is 26.3 Å². The fourth-order valence-corrected chi connectivity index (χ4v) is 1.37. The van der Waals surface area contributed by atoms with E-state index in [1.165, 1.54) is 5.56 Å². The summed E-state index contributed by atoms with van der Waals surface area (Å²) >= 11 is 0. The zero-order chi connectivity index (χ0) is 9.84. The molecule has 2 nitrogen and oxygen atoms in total. The second-order valence-electron chi connectivity index (χ2n) is 3.24. The van der Waals surface area contributed by atoms with E-state index in [1.54, 1.807) is 7.11 Å². The van der Waals surface area contributed by atoms with E-state index in [0.29, 0.717) is 0 Å². The summed E-state index contributed by atoms with van der Waals surface area (Å²) < 4.78 is 5.17. The van der Waals surface area contributed by atoms with Gasteiger partial charge in [0.15, 0.2) is 0 Å². The van der Waals surface area contributed by atoms with E-state index >= 15 is 0 Å². The molecule has 0 spiro atoms. The van der Waals surface area contributed by atoms with Gasteiger partial charge in [-0.15, -0.1) is 0 Å². The van der Waals surface area contributed by atoms with Crippen LogP contribution in [0.1, 0.15) is 30.5 Å². The minimum absolute atomic E-state index is 0.143. The summed E-state index contributed by atoms with van der Waals surface area (Å²) in [6.45, 7) is 4.12. The van der Waals surface area contributed by atoms with Crippen molar-refractivity contribution in [3.63, 3.8) is 0 Å². The highest BCUT2D eigenvalue weighted by Crippen LogP contribution is 2.22. The summed E-state index contributed by atoms with van der Waals surface area (Å²) in [7, 11) is 1.68. The van der Waals surface area contributed by atoms with Gasteiger partial charge in [0.25, 0.3) is 0 Å². The first-order valence-electron chi connectivity index (χ1n) is 4.59. The molecule has 0 amide bonds. The first-order chi connectivity index (χ1) is 6.19. The lowest BCUT2D eigenvalue weighted by molar-refractivity contribution is 0.411. The molecule has 0 aromatic heterocycles. The predicted octanol–water partition coefficient (Wildman–Crippen LogP) is 2.41. The third-order valence-corrected chi connectivity index (χ3v) is 2.29. The first kappa shape index (κ1) is 10.1. The summed E-state index contributed by atoms with van der Waals surface area (Å²) in [6.07, 6.45) is 0.964. The quantitative estimate of drug-likeness (QED) is 0.773. The third kappa shape index (κ3) is 2.22. The number of nitrogens with two attached hydrogens (primary N) is 1. The number of ether oxygens (including phenoxy) is 1. The number of benzene rings is 1. The third-order valence-electron chi connectivity index (χ3n) is 2.29. The largest absolute Gasteiger partial charge is 0.496 e. The second kappa shape index (κ2) is 4.28. The molecule has 0 unspecified atom stereocenters. The van der Waals surface area contributed by atoms with E-state index in [2.05, 4.69) is 13.0 Å². The maximum Gasteiger partial charge on any atom is 0.121 e. The molecule has 0 radical (unpaired) electrons. The molecule has 0 fully saturated rings. The summed E-state index contributed by atoms with van der Waals surface area (Å²) in [5, 5.41) is 0. The van der Waals surface area contributed by atoms with Crippen molar-refractivity contribution in [2.75, 3.05) is 7.11 Å². The molecule has 2 heteroatoms. The van der Waals surface area contributed by atoms with Crippen LogP contribution in [-0.4, -0.2) is 7.11 Å². The maximum atomic E-state index is 5.91. The van der Waals surface area contributed by atoms with Crippen LogP contribution < -0.4 is 10.5 Å². The Bertz CT molecular complexity index is 283. The number of aryl methyl sites for hydroxylation is 1. The summed E-state index contributed by atoms with van der Waals surface area (Å²) in [5.74, 6) is 0.923. The molecule has 0 aliphatic heterocycles. The van der Waals surface area contributed by atoms with Gasteiger partial charge in [0, 0.05) is 6.04 Å². The van der Waals surface area contributed by atoms with Gasteiger partial charge in [0.2, 0.25) is 0 Å². The molecular weight excluding hydrogens is 162 g/mol. The van der Waals surface area contributed by atoms with Crippen LogP contribution in [0, 0.1) is 6.92 Å². The van der Waals surface area contributed by atoms with E-state index < -0.39 is 0 Å². The lowest BCUT2D eigenvalue weighted by Crippen LogP contribution is -2.08. The lowest BCUT2D eigenvalue weighted by Gasteiger charge is -2.11. The predicted molar refractivity (Wildman–Crippen MR) is 55.0 cm³/mol.